The zero-order chi connectivity index (χ0) is 33.9. The average Bonchev–Trinajstić information content (AvgIpc) is 3.39. The number of hydrogen-bond donors (Lipinski definition) is 1. The number of esters is 1. The number of alkyl carbamates (subject to hydrolysis) is 1. The first-order chi connectivity index (χ1) is 21.4. The summed E-state index contributed by atoms with van der Waals surface area (Å²) in [5.74, 6) is -0.663. The van der Waals surface area contributed by atoms with Crippen LogP contribution in [-0.4, -0.2) is 48.4 Å². The molecule has 0 fully saturated rings. The zero-order valence-corrected chi connectivity index (χ0v) is 27.3. The van der Waals surface area contributed by atoms with Crippen LogP contribution in [0.2, 0.25) is 0 Å². The highest BCUT2D eigenvalue weighted by Gasteiger charge is 2.37. The molecule has 0 radical (unpaired) electrons. The smallest absolute Gasteiger partial charge is 0.426 e. The van der Waals surface area contributed by atoms with E-state index in [1.165, 1.54) is 17.0 Å². The van der Waals surface area contributed by atoms with Crippen molar-refractivity contribution in [1.82, 2.24) is 5.32 Å². The number of rotatable bonds is 8. The molecule has 0 aliphatic carbocycles. The molecule has 1 aliphatic rings. The minimum Gasteiger partial charge on any atom is -0.489 e. The Morgan fingerprint density at radius 3 is 2.26 bits per heavy atom. The summed E-state index contributed by atoms with van der Waals surface area (Å²) < 4.78 is 63.7. The molecule has 13 heteroatoms. The lowest BCUT2D eigenvalue weighted by molar-refractivity contribution is -0.156. The zero-order valence-electron chi connectivity index (χ0n) is 26.4. The van der Waals surface area contributed by atoms with Crippen LogP contribution in [0.5, 0.6) is 11.5 Å². The van der Waals surface area contributed by atoms with Crippen LogP contribution in [0.3, 0.4) is 0 Å². The van der Waals surface area contributed by atoms with Crippen LogP contribution in [-0.2, 0) is 31.8 Å². The number of hydrogen-bond acceptors (Lipinski definition) is 8. The fraction of sp³-hybridized carbons (Fsp3) is 0.424. The van der Waals surface area contributed by atoms with E-state index in [0.29, 0.717) is 33.2 Å². The van der Waals surface area contributed by atoms with Gasteiger partial charge in [-0.25, -0.2) is 4.79 Å². The molecule has 0 bridgehead atoms. The van der Waals surface area contributed by atoms with Crippen LogP contribution >= 0.6 is 11.3 Å². The molecule has 248 valence electrons. The minimum atomic E-state index is -4.52. The molecular formula is C33H37F3N2O7S. The summed E-state index contributed by atoms with van der Waals surface area (Å²) in [5.41, 5.74) is -0.743. The third kappa shape index (κ3) is 9.38. The molecule has 0 spiro atoms. The predicted molar refractivity (Wildman–Crippen MR) is 167 cm³/mol. The average molecular weight is 663 g/mol. The predicted octanol–water partition coefficient (Wildman–Crippen LogP) is 7.36. The summed E-state index contributed by atoms with van der Waals surface area (Å²) in [7, 11) is 0. The van der Waals surface area contributed by atoms with E-state index < -0.39 is 52.7 Å². The molecule has 4 rings (SSSR count). The third-order valence-corrected chi connectivity index (χ3v) is 7.50. The van der Waals surface area contributed by atoms with Gasteiger partial charge in [-0.15, -0.1) is 11.3 Å². The Labute approximate surface area is 269 Å². The van der Waals surface area contributed by atoms with Crippen molar-refractivity contribution in [2.24, 2.45) is 0 Å². The molecular weight excluding hydrogens is 625 g/mol. The summed E-state index contributed by atoms with van der Waals surface area (Å²) in [6, 6.07) is 13.2. The Hall–Kier alpha value is -4.26. The maximum absolute atomic E-state index is 13.8. The number of carbonyl (C=O) groups is 3. The van der Waals surface area contributed by atoms with Gasteiger partial charge in [0, 0.05) is 16.5 Å². The number of nitrogens with one attached hydrogen (secondary N) is 1. The molecule has 1 atom stereocenters. The fourth-order valence-corrected chi connectivity index (χ4v) is 5.58. The molecule has 3 aromatic rings. The standard InChI is InChI=1S/C33H37F3N2O7S/c1-31(2,3)44-27(39)18-24(37-30(41)45-32(4,5)6)29(40)38-14-15-42-26-16-21(12-13-25(26)38)43-19-22-17-23(20-10-8-7-9-11-20)28(46-22)33(34,35)36/h7-13,16-17,24H,14-15,18-19H2,1-6H3,(H,37,41)/t24-/m1/s1. The van der Waals surface area contributed by atoms with Gasteiger partial charge in [-0.1, -0.05) is 30.3 Å². The molecule has 0 saturated heterocycles. The van der Waals surface area contributed by atoms with Crippen molar-refractivity contribution >= 4 is 35.0 Å². The van der Waals surface area contributed by atoms with Gasteiger partial charge >= 0.3 is 18.2 Å². The molecule has 0 saturated carbocycles. The van der Waals surface area contributed by atoms with E-state index >= 15 is 0 Å². The van der Waals surface area contributed by atoms with Gasteiger partial charge in [0.15, 0.2) is 0 Å². The van der Waals surface area contributed by atoms with E-state index in [1.807, 2.05) is 0 Å². The maximum Gasteiger partial charge on any atom is 0.426 e. The number of benzene rings is 2. The Kier molecular flexibility index (Phi) is 10.2. The van der Waals surface area contributed by atoms with Gasteiger partial charge in [0.25, 0.3) is 5.91 Å². The summed E-state index contributed by atoms with van der Waals surface area (Å²) in [4.78, 5) is 40.1. The Bertz CT molecular complexity index is 1530. The number of nitrogens with zero attached hydrogens (tertiary/aromatic N) is 1. The van der Waals surface area contributed by atoms with Crippen LogP contribution in [0.15, 0.2) is 54.6 Å². The molecule has 9 nitrogen and oxygen atoms in total. The van der Waals surface area contributed by atoms with E-state index in [1.54, 1.807) is 84.0 Å². The quantitative estimate of drug-likeness (QED) is 0.252. The summed E-state index contributed by atoms with van der Waals surface area (Å²) in [5, 5.41) is 2.50. The lowest BCUT2D eigenvalue weighted by Crippen LogP contribution is -2.52. The van der Waals surface area contributed by atoms with Crippen LogP contribution in [0.25, 0.3) is 11.1 Å². The number of amides is 2. The van der Waals surface area contributed by atoms with Crippen molar-refractivity contribution in [2.45, 2.75) is 78.0 Å². The van der Waals surface area contributed by atoms with Gasteiger partial charge in [0.2, 0.25) is 0 Å². The lowest BCUT2D eigenvalue weighted by atomic mass is 10.1. The van der Waals surface area contributed by atoms with Crippen molar-refractivity contribution in [3.8, 4) is 22.6 Å². The highest BCUT2D eigenvalue weighted by molar-refractivity contribution is 7.12. The molecule has 46 heavy (non-hydrogen) atoms. The van der Waals surface area contributed by atoms with Crippen LogP contribution < -0.4 is 19.7 Å². The normalized spacial score (nSPS) is 14.1. The number of carbonyl (C=O) groups excluding carboxylic acids is 3. The first-order valence-electron chi connectivity index (χ1n) is 14.6. The van der Waals surface area contributed by atoms with Gasteiger partial charge in [-0.05, 0) is 65.3 Å². The van der Waals surface area contributed by atoms with Crippen molar-refractivity contribution in [3.63, 3.8) is 0 Å². The largest absolute Gasteiger partial charge is 0.489 e. The second kappa shape index (κ2) is 13.6. The van der Waals surface area contributed by atoms with E-state index in [4.69, 9.17) is 18.9 Å². The number of anilines is 1. The van der Waals surface area contributed by atoms with E-state index in [2.05, 4.69) is 5.32 Å². The van der Waals surface area contributed by atoms with Crippen molar-refractivity contribution < 1.29 is 46.5 Å². The first-order valence-corrected chi connectivity index (χ1v) is 15.4. The number of fused-ring (bicyclic) bond motifs is 1. The summed E-state index contributed by atoms with van der Waals surface area (Å²) in [6.07, 6.45) is -5.83. The molecule has 1 aliphatic heterocycles. The van der Waals surface area contributed by atoms with Crippen molar-refractivity contribution in [1.29, 1.82) is 0 Å². The first kappa shape index (κ1) is 34.6. The SMILES string of the molecule is CC(C)(C)OC(=O)C[C@@H](NC(=O)OC(C)(C)C)C(=O)N1CCOc2cc(OCc3cc(-c4ccccc4)c(C(F)(F)F)s3)ccc21. The second-order valence-electron chi connectivity index (χ2n) is 12.6. The second-order valence-corrected chi connectivity index (χ2v) is 13.7. The highest BCUT2D eigenvalue weighted by Crippen LogP contribution is 2.43. The van der Waals surface area contributed by atoms with Gasteiger partial charge in [-0.2, -0.15) is 13.2 Å². The van der Waals surface area contributed by atoms with E-state index in [9.17, 15) is 27.6 Å². The minimum absolute atomic E-state index is 0.0838. The summed E-state index contributed by atoms with van der Waals surface area (Å²) in [6.45, 7) is 10.2. The van der Waals surface area contributed by atoms with Crippen LogP contribution in [0.4, 0.5) is 23.7 Å². The van der Waals surface area contributed by atoms with Gasteiger partial charge in [0.1, 0.15) is 46.8 Å². The molecule has 0 unspecified atom stereocenters. The highest BCUT2D eigenvalue weighted by atomic mass is 32.1. The lowest BCUT2D eigenvalue weighted by Gasteiger charge is -2.33. The third-order valence-electron chi connectivity index (χ3n) is 6.35. The number of alkyl halides is 3. The molecule has 2 heterocycles. The van der Waals surface area contributed by atoms with Crippen molar-refractivity contribution in [2.75, 3.05) is 18.1 Å². The monoisotopic (exact) mass is 662 g/mol. The fourth-order valence-electron chi connectivity index (χ4n) is 4.62. The Balaban J connectivity index is 1.52. The number of thiophene rings is 1. The van der Waals surface area contributed by atoms with Crippen LogP contribution in [0.1, 0.15) is 57.7 Å². The van der Waals surface area contributed by atoms with E-state index in [0.717, 1.165) is 0 Å². The molecule has 1 aromatic heterocycles. The van der Waals surface area contributed by atoms with Crippen LogP contribution in [0, 0.1) is 0 Å². The molecule has 2 amide bonds. The Morgan fingerprint density at radius 1 is 0.957 bits per heavy atom. The van der Waals surface area contributed by atoms with Gasteiger partial charge in [0.05, 0.1) is 18.7 Å². The van der Waals surface area contributed by atoms with Gasteiger partial charge in [-0.3, -0.25) is 9.59 Å². The number of ether oxygens (including phenoxy) is 4. The topological polar surface area (TPSA) is 103 Å². The summed E-state index contributed by atoms with van der Waals surface area (Å²) >= 11 is 0.616. The molecule has 1 N–H and O–H groups in total. The number of halogens is 3. The molecule has 2 aromatic carbocycles. The Morgan fingerprint density at radius 2 is 1.63 bits per heavy atom. The van der Waals surface area contributed by atoms with Crippen molar-refractivity contribution in [3.05, 3.63) is 64.4 Å². The van der Waals surface area contributed by atoms with Gasteiger partial charge < -0.3 is 29.2 Å². The maximum atomic E-state index is 13.8. The van der Waals surface area contributed by atoms with E-state index in [-0.39, 0.29) is 31.1 Å².